The Kier molecular flexibility index (Phi) is 22.6. The second-order valence-electron chi connectivity index (χ2n) is 19.2. The monoisotopic (exact) mass is 900 g/mol. The molecule has 2 N–H and O–H groups in total. The molecule has 364 valence electrons. The normalized spacial score (nSPS) is 20.1. The molecule has 9 atom stereocenters. The first kappa shape index (κ1) is 54.7. The molecule has 0 saturated carbocycles. The van der Waals surface area contributed by atoms with Gasteiger partial charge in [0.2, 0.25) is 23.6 Å². The molecule has 2 saturated heterocycles. The van der Waals surface area contributed by atoms with Crippen molar-refractivity contribution in [2.24, 2.45) is 23.7 Å². The van der Waals surface area contributed by atoms with Gasteiger partial charge in [0, 0.05) is 79.5 Å². The van der Waals surface area contributed by atoms with Crippen LogP contribution in [0.3, 0.4) is 0 Å². The Balaban J connectivity index is 1.74. The van der Waals surface area contributed by atoms with Crippen molar-refractivity contribution >= 4 is 29.6 Å². The molecule has 4 amide bonds. The Hall–Kier alpha value is -3.63. The third-order valence-electron chi connectivity index (χ3n) is 13.9. The minimum atomic E-state index is -0.895. The predicted octanol–water partition coefficient (Wildman–Crippen LogP) is 3.93. The summed E-state index contributed by atoms with van der Waals surface area (Å²) < 4.78 is 17.1. The van der Waals surface area contributed by atoms with Crippen LogP contribution < -0.4 is 10.6 Å². The number of nitrogens with one attached hydrogen (secondary N) is 2. The van der Waals surface area contributed by atoms with Crippen LogP contribution in [-0.2, 0) is 44.6 Å². The van der Waals surface area contributed by atoms with Crippen LogP contribution in [0.4, 0.5) is 0 Å². The number of amides is 4. The molecule has 0 aliphatic carbocycles. The smallest absolute Gasteiger partial charge is 0.328 e. The maximum absolute atomic E-state index is 14.6. The van der Waals surface area contributed by atoms with Crippen molar-refractivity contribution in [2.75, 3.05) is 81.2 Å². The maximum Gasteiger partial charge on any atom is 0.328 e. The summed E-state index contributed by atoms with van der Waals surface area (Å²) in [5.41, 5.74) is 0.877. The number of piperazine rings is 1. The zero-order chi connectivity index (χ0) is 47.8. The van der Waals surface area contributed by atoms with Crippen molar-refractivity contribution < 1.29 is 38.2 Å². The molecule has 0 radical (unpaired) electrons. The molecule has 1 aromatic carbocycles. The molecule has 3 rings (SSSR count). The number of likely N-dealkylation sites (tertiary alicyclic amines) is 1. The van der Waals surface area contributed by atoms with Gasteiger partial charge in [0.25, 0.3) is 0 Å². The van der Waals surface area contributed by atoms with E-state index >= 15 is 0 Å². The molecule has 2 heterocycles. The molecular weight excluding hydrogens is 815 g/mol. The molecule has 0 bridgehead atoms. The van der Waals surface area contributed by atoms with Crippen molar-refractivity contribution in [1.82, 2.24) is 35.1 Å². The van der Waals surface area contributed by atoms with E-state index in [0.717, 1.165) is 57.7 Å². The highest BCUT2D eigenvalue weighted by molar-refractivity contribution is 5.90. The van der Waals surface area contributed by atoms with E-state index in [-0.39, 0.29) is 54.2 Å². The largest absolute Gasteiger partial charge is 0.467 e. The molecule has 1 aromatic rings. The summed E-state index contributed by atoms with van der Waals surface area (Å²) >= 11 is 0. The molecule has 2 fully saturated rings. The van der Waals surface area contributed by atoms with Crippen LogP contribution in [0, 0.1) is 23.7 Å². The summed E-state index contributed by atoms with van der Waals surface area (Å²) in [6.07, 6.45) is 1.05. The second kappa shape index (κ2) is 26.5. The van der Waals surface area contributed by atoms with Crippen molar-refractivity contribution in [3.63, 3.8) is 0 Å². The summed E-state index contributed by atoms with van der Waals surface area (Å²) in [4.78, 5) is 80.3. The summed E-state index contributed by atoms with van der Waals surface area (Å²) in [7, 11) is 8.15. The topological polar surface area (TPSA) is 153 Å². The molecule has 0 spiro atoms. The van der Waals surface area contributed by atoms with Gasteiger partial charge in [0.15, 0.2) is 0 Å². The molecule has 64 heavy (non-hydrogen) atoms. The zero-order valence-corrected chi connectivity index (χ0v) is 41.8. The van der Waals surface area contributed by atoms with Gasteiger partial charge >= 0.3 is 5.97 Å². The summed E-state index contributed by atoms with van der Waals surface area (Å²) in [6.45, 7) is 24.5. The van der Waals surface area contributed by atoms with Crippen LogP contribution in [0.5, 0.6) is 0 Å². The standard InChI is InChI=1S/C49H85N7O8/c1-15-35(8)44(53(11)48(60)42(32(2)3)51-47(59)43(33(4)5)52(10)24-25-54-26-28-55(29-27-54)34(6)7)40(62-12)31-41(57)56-23-19-22-39(56)45(63-13)36(9)46(58)50-38(49(61)64-14)30-37-20-17-16-18-21-37/h16-18,20-21,32-36,38-40,42-45H,15,19,22-31H2,1-14H3,(H,50,58)(H,51,59)/t35-,36+,38-,39-,40+,42-,43-,44-,45+/m0/s1. The van der Waals surface area contributed by atoms with Crippen molar-refractivity contribution in [3.05, 3.63) is 35.9 Å². The second-order valence-corrected chi connectivity index (χ2v) is 19.2. The molecule has 15 heteroatoms. The van der Waals surface area contributed by atoms with Gasteiger partial charge in [-0.05, 0) is 57.1 Å². The van der Waals surface area contributed by atoms with Crippen LogP contribution in [0.1, 0.15) is 93.6 Å². The van der Waals surface area contributed by atoms with Gasteiger partial charge < -0.3 is 34.6 Å². The van der Waals surface area contributed by atoms with Gasteiger partial charge in [-0.2, -0.15) is 0 Å². The number of methoxy groups -OCH3 is 3. The predicted molar refractivity (Wildman–Crippen MR) is 251 cm³/mol. The fourth-order valence-electron chi connectivity index (χ4n) is 9.72. The Morgan fingerprint density at radius 2 is 1.45 bits per heavy atom. The zero-order valence-electron chi connectivity index (χ0n) is 41.8. The number of hydrogen-bond donors (Lipinski definition) is 2. The van der Waals surface area contributed by atoms with Gasteiger partial charge in [-0.1, -0.05) is 85.2 Å². The van der Waals surface area contributed by atoms with Crippen molar-refractivity contribution in [3.8, 4) is 0 Å². The fourth-order valence-corrected chi connectivity index (χ4v) is 9.72. The Bertz CT molecular complexity index is 1610. The lowest BCUT2D eigenvalue weighted by molar-refractivity contribution is -0.149. The lowest BCUT2D eigenvalue weighted by Crippen LogP contribution is -2.60. The van der Waals surface area contributed by atoms with Crippen molar-refractivity contribution in [1.29, 1.82) is 0 Å². The average molecular weight is 900 g/mol. The van der Waals surface area contributed by atoms with E-state index in [0.29, 0.717) is 19.0 Å². The SMILES string of the molecule is CC[C@H](C)[C@@H]([C@@H](CC(=O)N1CCC[C@H]1[C@H](OC)[C@@H](C)C(=O)N[C@@H](Cc1ccccc1)C(=O)OC)OC)N(C)C(=O)[C@@H](NC(=O)[C@H](C(C)C)N(C)CCN1CCN(C(C)C)CC1)C(C)C. The quantitative estimate of drug-likeness (QED) is 0.137. The molecule has 0 aromatic heterocycles. The lowest BCUT2D eigenvalue weighted by atomic mass is 9.89. The molecular formula is C49H85N7O8. The maximum atomic E-state index is 14.6. The van der Waals surface area contributed by atoms with E-state index in [9.17, 15) is 24.0 Å². The van der Waals surface area contributed by atoms with E-state index in [1.54, 1.807) is 30.9 Å². The first-order chi connectivity index (χ1) is 30.3. The Labute approximate surface area is 385 Å². The minimum absolute atomic E-state index is 0.00354. The highest BCUT2D eigenvalue weighted by Gasteiger charge is 2.43. The van der Waals surface area contributed by atoms with Crippen LogP contribution in [0.25, 0.3) is 0 Å². The number of ether oxygens (including phenoxy) is 3. The van der Waals surface area contributed by atoms with Crippen LogP contribution in [0.15, 0.2) is 30.3 Å². The molecule has 2 aliphatic heterocycles. The van der Waals surface area contributed by atoms with Crippen LogP contribution in [-0.4, -0.2) is 184 Å². The van der Waals surface area contributed by atoms with E-state index in [1.165, 1.54) is 14.2 Å². The van der Waals surface area contributed by atoms with Gasteiger partial charge in [-0.15, -0.1) is 0 Å². The Morgan fingerprint density at radius 1 is 0.812 bits per heavy atom. The highest BCUT2D eigenvalue weighted by atomic mass is 16.5. The average Bonchev–Trinajstić information content (AvgIpc) is 3.76. The first-order valence-electron chi connectivity index (χ1n) is 23.8. The van der Waals surface area contributed by atoms with Gasteiger partial charge in [0.1, 0.15) is 12.1 Å². The van der Waals surface area contributed by atoms with E-state index in [2.05, 4.69) is 53.0 Å². The third-order valence-corrected chi connectivity index (χ3v) is 13.9. The van der Waals surface area contributed by atoms with Crippen molar-refractivity contribution in [2.45, 2.75) is 143 Å². The Morgan fingerprint density at radius 3 is 1.98 bits per heavy atom. The van der Waals surface area contributed by atoms with Crippen LogP contribution >= 0.6 is 0 Å². The number of nitrogens with zero attached hydrogens (tertiary/aromatic N) is 5. The summed E-state index contributed by atoms with van der Waals surface area (Å²) in [6, 6.07) is 6.96. The number of carbonyl (C=O) groups excluding carboxylic acids is 5. The van der Waals surface area contributed by atoms with Crippen LogP contribution in [0.2, 0.25) is 0 Å². The van der Waals surface area contributed by atoms with Gasteiger partial charge in [0.05, 0.1) is 49.8 Å². The lowest BCUT2D eigenvalue weighted by Gasteiger charge is -2.41. The molecule has 2 aliphatic rings. The number of carbonyl (C=O) groups is 5. The minimum Gasteiger partial charge on any atom is -0.467 e. The van der Waals surface area contributed by atoms with Gasteiger partial charge in [-0.3, -0.25) is 33.9 Å². The van der Waals surface area contributed by atoms with E-state index in [4.69, 9.17) is 14.2 Å². The van der Waals surface area contributed by atoms with Gasteiger partial charge in [-0.25, -0.2) is 4.79 Å². The van der Waals surface area contributed by atoms with E-state index < -0.39 is 54.3 Å². The molecule has 0 unspecified atom stereocenters. The number of esters is 1. The highest BCUT2D eigenvalue weighted by Crippen LogP contribution is 2.30. The summed E-state index contributed by atoms with van der Waals surface area (Å²) in [5, 5.41) is 6.04. The number of benzene rings is 1. The molecule has 15 nitrogen and oxygen atoms in total. The number of rotatable bonds is 25. The number of hydrogen-bond acceptors (Lipinski definition) is 11. The van der Waals surface area contributed by atoms with E-state index in [1.807, 2.05) is 65.1 Å². The number of likely N-dealkylation sites (N-methyl/N-ethyl adjacent to an activating group) is 2. The summed E-state index contributed by atoms with van der Waals surface area (Å²) in [5.74, 6) is -2.42. The third kappa shape index (κ3) is 14.9. The fraction of sp³-hybridized carbons (Fsp3) is 0.776. The first-order valence-corrected chi connectivity index (χ1v) is 23.8.